The molecule has 6 nitrogen and oxygen atoms in total. The molecule has 0 aliphatic carbocycles. The van der Waals surface area contributed by atoms with Crippen molar-refractivity contribution in [3.05, 3.63) is 66.1 Å². The number of amides is 1. The van der Waals surface area contributed by atoms with E-state index in [-0.39, 0.29) is 12.5 Å². The number of carbonyl (C=O) groups is 1. The normalized spacial score (nSPS) is 12.8. The molecule has 1 aliphatic heterocycles. The number of benzene rings is 2. The standard InChI is InChI=1S/C22H18N2O4S2/c1-29-18-5-2-6-19-20(18)23-22(30-19)24(13-15-4-3-9-26-15)21(25)14-7-8-16-17(12-14)28-11-10-27-16/h2-9,12H,10-11,13H2,1H3. The molecular formula is C22H18N2O4S2. The third-order valence-corrected chi connectivity index (χ3v) is 6.56. The molecule has 4 aromatic rings. The third-order valence-electron chi connectivity index (χ3n) is 4.75. The van der Waals surface area contributed by atoms with E-state index in [2.05, 4.69) is 0 Å². The minimum absolute atomic E-state index is 0.173. The number of para-hydroxylation sites is 1. The van der Waals surface area contributed by atoms with Gasteiger partial charge in [0.2, 0.25) is 0 Å². The van der Waals surface area contributed by atoms with E-state index in [1.807, 2.05) is 36.6 Å². The molecule has 0 saturated carbocycles. The molecule has 1 aliphatic rings. The first-order valence-corrected chi connectivity index (χ1v) is 11.4. The number of carbonyl (C=O) groups excluding carboxylic acids is 1. The molecule has 0 saturated heterocycles. The molecule has 3 heterocycles. The first kappa shape index (κ1) is 19.0. The van der Waals surface area contributed by atoms with Gasteiger partial charge in [-0.2, -0.15) is 0 Å². The highest BCUT2D eigenvalue weighted by Crippen LogP contribution is 2.36. The average Bonchev–Trinajstić information content (AvgIpc) is 3.46. The van der Waals surface area contributed by atoms with Crippen molar-refractivity contribution in [3.63, 3.8) is 0 Å². The van der Waals surface area contributed by atoms with Gasteiger partial charge in [-0.1, -0.05) is 17.4 Å². The van der Waals surface area contributed by atoms with E-state index in [1.165, 1.54) is 11.3 Å². The maximum absolute atomic E-state index is 13.5. The Bertz CT molecular complexity index is 1200. The van der Waals surface area contributed by atoms with Crippen LogP contribution in [0.1, 0.15) is 16.1 Å². The first-order chi connectivity index (χ1) is 14.7. The minimum Gasteiger partial charge on any atom is -0.486 e. The highest BCUT2D eigenvalue weighted by atomic mass is 32.2. The predicted octanol–water partition coefficient (Wildman–Crippen LogP) is 5.23. The lowest BCUT2D eigenvalue weighted by Crippen LogP contribution is -2.30. The Hall–Kier alpha value is -2.97. The van der Waals surface area contributed by atoms with Crippen LogP contribution in [0.25, 0.3) is 10.2 Å². The van der Waals surface area contributed by atoms with E-state index in [9.17, 15) is 4.79 Å². The van der Waals surface area contributed by atoms with Crippen LogP contribution in [0.3, 0.4) is 0 Å². The van der Waals surface area contributed by atoms with Gasteiger partial charge in [0.25, 0.3) is 5.91 Å². The van der Waals surface area contributed by atoms with E-state index >= 15 is 0 Å². The molecule has 0 N–H and O–H groups in total. The number of anilines is 1. The Morgan fingerprint density at radius 1 is 1.13 bits per heavy atom. The van der Waals surface area contributed by atoms with Crippen LogP contribution < -0.4 is 14.4 Å². The summed E-state index contributed by atoms with van der Waals surface area (Å²) in [6.45, 7) is 1.26. The van der Waals surface area contributed by atoms with Gasteiger partial charge in [-0.3, -0.25) is 9.69 Å². The van der Waals surface area contributed by atoms with Crippen molar-refractivity contribution in [2.24, 2.45) is 0 Å². The van der Waals surface area contributed by atoms with E-state index in [0.29, 0.717) is 41.2 Å². The van der Waals surface area contributed by atoms with Gasteiger partial charge in [0.15, 0.2) is 16.6 Å². The Morgan fingerprint density at radius 2 is 2.00 bits per heavy atom. The molecule has 0 fully saturated rings. The van der Waals surface area contributed by atoms with E-state index < -0.39 is 0 Å². The van der Waals surface area contributed by atoms with Crippen molar-refractivity contribution in [1.29, 1.82) is 0 Å². The molecular weight excluding hydrogens is 420 g/mol. The number of thioether (sulfide) groups is 1. The van der Waals surface area contributed by atoms with Crippen molar-refractivity contribution >= 4 is 44.4 Å². The number of aromatic nitrogens is 1. The maximum Gasteiger partial charge on any atom is 0.260 e. The smallest absolute Gasteiger partial charge is 0.260 e. The molecule has 30 heavy (non-hydrogen) atoms. The molecule has 2 aromatic carbocycles. The number of hydrogen-bond donors (Lipinski definition) is 0. The summed E-state index contributed by atoms with van der Waals surface area (Å²) < 4.78 is 17.8. The molecule has 8 heteroatoms. The van der Waals surface area contributed by atoms with Gasteiger partial charge in [-0.05, 0) is 48.7 Å². The van der Waals surface area contributed by atoms with Crippen LogP contribution in [0.4, 0.5) is 5.13 Å². The largest absolute Gasteiger partial charge is 0.486 e. The van der Waals surface area contributed by atoms with Gasteiger partial charge in [0, 0.05) is 10.5 Å². The minimum atomic E-state index is -0.173. The zero-order chi connectivity index (χ0) is 20.5. The lowest BCUT2D eigenvalue weighted by atomic mass is 10.1. The fourth-order valence-corrected chi connectivity index (χ4v) is 4.93. The Morgan fingerprint density at radius 3 is 2.80 bits per heavy atom. The number of thiazole rings is 1. The topological polar surface area (TPSA) is 64.8 Å². The lowest BCUT2D eigenvalue weighted by Gasteiger charge is -2.21. The Balaban J connectivity index is 1.56. The molecule has 0 atom stereocenters. The monoisotopic (exact) mass is 438 g/mol. The molecule has 0 unspecified atom stereocenters. The Labute approximate surface area is 181 Å². The van der Waals surface area contributed by atoms with Crippen LogP contribution in [0.2, 0.25) is 0 Å². The number of rotatable bonds is 5. The summed E-state index contributed by atoms with van der Waals surface area (Å²) in [6.07, 6.45) is 3.63. The average molecular weight is 439 g/mol. The van der Waals surface area contributed by atoms with Crippen LogP contribution in [-0.2, 0) is 6.54 Å². The molecule has 0 radical (unpaired) electrons. The van der Waals surface area contributed by atoms with Crippen molar-refractivity contribution < 1.29 is 18.7 Å². The van der Waals surface area contributed by atoms with Crippen LogP contribution in [0.5, 0.6) is 11.5 Å². The summed E-state index contributed by atoms with van der Waals surface area (Å²) >= 11 is 3.13. The Kier molecular flexibility index (Phi) is 5.10. The summed E-state index contributed by atoms with van der Waals surface area (Å²) in [5.74, 6) is 1.75. The van der Waals surface area contributed by atoms with Crippen molar-refractivity contribution in [1.82, 2.24) is 4.98 Å². The molecule has 2 aromatic heterocycles. The van der Waals surface area contributed by atoms with Crippen LogP contribution in [0.15, 0.2) is 64.1 Å². The van der Waals surface area contributed by atoms with Gasteiger partial charge in [-0.15, -0.1) is 11.8 Å². The number of hydrogen-bond acceptors (Lipinski definition) is 7. The molecule has 0 bridgehead atoms. The van der Waals surface area contributed by atoms with Crippen molar-refractivity contribution in [2.45, 2.75) is 11.4 Å². The maximum atomic E-state index is 13.5. The van der Waals surface area contributed by atoms with Crippen LogP contribution in [0, 0.1) is 0 Å². The summed E-state index contributed by atoms with van der Waals surface area (Å²) in [7, 11) is 0. The zero-order valence-electron chi connectivity index (χ0n) is 16.2. The summed E-state index contributed by atoms with van der Waals surface area (Å²) in [5.41, 5.74) is 1.42. The SMILES string of the molecule is CSc1cccc2sc(N(Cc3ccco3)C(=O)c3ccc4c(c3)OCCO4)nc12. The molecule has 5 rings (SSSR count). The molecule has 1 amide bonds. The highest BCUT2D eigenvalue weighted by molar-refractivity contribution is 7.98. The molecule has 0 spiro atoms. The van der Waals surface area contributed by atoms with Crippen molar-refractivity contribution in [3.8, 4) is 11.5 Å². The number of ether oxygens (including phenoxy) is 2. The highest BCUT2D eigenvalue weighted by Gasteiger charge is 2.25. The van der Waals surface area contributed by atoms with Gasteiger partial charge in [0.05, 0.1) is 23.0 Å². The number of nitrogens with zero attached hydrogens (tertiary/aromatic N) is 2. The van der Waals surface area contributed by atoms with E-state index in [1.54, 1.807) is 41.1 Å². The van der Waals surface area contributed by atoms with Gasteiger partial charge in [0.1, 0.15) is 19.0 Å². The van der Waals surface area contributed by atoms with Gasteiger partial charge < -0.3 is 13.9 Å². The summed E-state index contributed by atoms with van der Waals surface area (Å²) in [6, 6.07) is 15.0. The van der Waals surface area contributed by atoms with E-state index in [4.69, 9.17) is 18.9 Å². The quantitative estimate of drug-likeness (QED) is 0.398. The first-order valence-electron chi connectivity index (χ1n) is 9.40. The van der Waals surface area contributed by atoms with Gasteiger partial charge >= 0.3 is 0 Å². The summed E-state index contributed by atoms with van der Waals surface area (Å²) in [4.78, 5) is 21.1. The predicted molar refractivity (Wildman–Crippen MR) is 118 cm³/mol. The fraction of sp³-hybridized carbons (Fsp3) is 0.182. The van der Waals surface area contributed by atoms with Crippen LogP contribution in [-0.4, -0.2) is 30.4 Å². The second-order valence-corrected chi connectivity index (χ2v) is 8.49. The van der Waals surface area contributed by atoms with E-state index in [0.717, 1.165) is 15.1 Å². The zero-order valence-corrected chi connectivity index (χ0v) is 17.8. The van der Waals surface area contributed by atoms with Gasteiger partial charge in [-0.25, -0.2) is 4.98 Å². The number of fused-ring (bicyclic) bond motifs is 2. The second-order valence-electron chi connectivity index (χ2n) is 6.63. The van der Waals surface area contributed by atoms with Crippen LogP contribution >= 0.6 is 23.1 Å². The summed E-state index contributed by atoms with van der Waals surface area (Å²) in [5, 5.41) is 0.628. The van der Waals surface area contributed by atoms with Crippen molar-refractivity contribution in [2.75, 3.05) is 24.4 Å². The second kappa shape index (κ2) is 8.04. The molecule has 152 valence electrons. The number of furan rings is 1. The lowest BCUT2D eigenvalue weighted by molar-refractivity contribution is 0.0982. The third kappa shape index (κ3) is 3.53. The fourth-order valence-electron chi connectivity index (χ4n) is 3.31.